The molecule has 27 heavy (non-hydrogen) atoms. The lowest BCUT2D eigenvalue weighted by atomic mass is 10.1. The van der Waals surface area contributed by atoms with Gasteiger partial charge in [0.15, 0.2) is 0 Å². The molecular formula is C21H34N4O2. The molecule has 6 heteroatoms. The minimum absolute atomic E-state index is 0.188. The van der Waals surface area contributed by atoms with Crippen LogP contribution in [0.1, 0.15) is 24.8 Å². The predicted octanol–water partition coefficient (Wildman–Crippen LogP) is 2.01. The van der Waals surface area contributed by atoms with Crippen molar-refractivity contribution in [2.24, 2.45) is 0 Å². The SMILES string of the molecule is CN1CCN(CCCNC2CCN(C(=O)OCc3ccccc3)CC2)CC1. The van der Waals surface area contributed by atoms with E-state index >= 15 is 0 Å². The largest absolute Gasteiger partial charge is 0.445 e. The van der Waals surface area contributed by atoms with E-state index in [-0.39, 0.29) is 6.09 Å². The summed E-state index contributed by atoms with van der Waals surface area (Å²) in [6, 6.07) is 10.4. The Labute approximate surface area is 163 Å². The van der Waals surface area contributed by atoms with Gasteiger partial charge < -0.3 is 24.8 Å². The van der Waals surface area contributed by atoms with Gasteiger partial charge in [0, 0.05) is 45.3 Å². The second kappa shape index (κ2) is 10.6. The molecule has 150 valence electrons. The summed E-state index contributed by atoms with van der Waals surface area (Å²) in [6.07, 6.45) is 3.03. The van der Waals surface area contributed by atoms with Crippen LogP contribution < -0.4 is 5.32 Å². The van der Waals surface area contributed by atoms with Crippen LogP contribution in [0.5, 0.6) is 0 Å². The van der Waals surface area contributed by atoms with Crippen molar-refractivity contribution in [2.75, 3.05) is 59.4 Å². The topological polar surface area (TPSA) is 48.0 Å². The van der Waals surface area contributed by atoms with Crippen molar-refractivity contribution in [1.82, 2.24) is 20.0 Å². The van der Waals surface area contributed by atoms with Crippen molar-refractivity contribution in [2.45, 2.75) is 31.9 Å². The van der Waals surface area contributed by atoms with Gasteiger partial charge in [-0.3, -0.25) is 0 Å². The first-order valence-corrected chi connectivity index (χ1v) is 10.3. The van der Waals surface area contributed by atoms with E-state index in [1.807, 2.05) is 35.2 Å². The Morgan fingerprint density at radius 1 is 1.07 bits per heavy atom. The first-order valence-electron chi connectivity index (χ1n) is 10.3. The van der Waals surface area contributed by atoms with Crippen molar-refractivity contribution in [3.8, 4) is 0 Å². The van der Waals surface area contributed by atoms with Crippen LogP contribution in [0.2, 0.25) is 0 Å². The van der Waals surface area contributed by atoms with Gasteiger partial charge in [-0.25, -0.2) is 4.79 Å². The summed E-state index contributed by atoms with van der Waals surface area (Å²) in [5.74, 6) is 0. The molecule has 0 radical (unpaired) electrons. The van der Waals surface area contributed by atoms with E-state index in [0.29, 0.717) is 12.6 Å². The van der Waals surface area contributed by atoms with Gasteiger partial charge in [0.2, 0.25) is 0 Å². The zero-order valence-electron chi connectivity index (χ0n) is 16.6. The summed E-state index contributed by atoms with van der Waals surface area (Å²) in [5, 5.41) is 3.67. The predicted molar refractivity (Wildman–Crippen MR) is 108 cm³/mol. The summed E-state index contributed by atoms with van der Waals surface area (Å²) in [4.78, 5) is 19.0. The lowest BCUT2D eigenvalue weighted by Gasteiger charge is -2.33. The Balaban J connectivity index is 1.25. The number of rotatable bonds is 7. The standard InChI is InChI=1S/C21H34N4O2/c1-23-14-16-24(17-15-23)11-5-10-22-20-8-12-25(13-9-20)21(26)27-18-19-6-3-2-4-7-19/h2-4,6-7,20,22H,5,8-18H2,1H3. The molecule has 0 bridgehead atoms. The molecule has 2 saturated heterocycles. The van der Waals surface area contributed by atoms with Crippen molar-refractivity contribution in [3.63, 3.8) is 0 Å². The zero-order valence-corrected chi connectivity index (χ0v) is 16.6. The molecule has 0 saturated carbocycles. The highest BCUT2D eigenvalue weighted by atomic mass is 16.6. The first-order chi connectivity index (χ1) is 13.2. The number of ether oxygens (including phenoxy) is 1. The highest BCUT2D eigenvalue weighted by Gasteiger charge is 2.23. The number of hydrogen-bond donors (Lipinski definition) is 1. The minimum Gasteiger partial charge on any atom is -0.445 e. The fraction of sp³-hybridized carbons (Fsp3) is 0.667. The second-order valence-electron chi connectivity index (χ2n) is 7.75. The van der Waals surface area contributed by atoms with Crippen LogP contribution in [0.15, 0.2) is 30.3 Å². The van der Waals surface area contributed by atoms with Gasteiger partial charge in [0.1, 0.15) is 6.61 Å². The highest BCUT2D eigenvalue weighted by molar-refractivity contribution is 5.67. The number of piperazine rings is 1. The molecular weight excluding hydrogens is 340 g/mol. The molecule has 6 nitrogen and oxygen atoms in total. The van der Waals surface area contributed by atoms with Crippen LogP contribution in [0.25, 0.3) is 0 Å². The summed E-state index contributed by atoms with van der Waals surface area (Å²) in [5.41, 5.74) is 1.03. The third-order valence-electron chi connectivity index (χ3n) is 5.64. The van der Waals surface area contributed by atoms with E-state index in [1.165, 1.54) is 39.1 Å². The van der Waals surface area contributed by atoms with E-state index in [2.05, 4.69) is 22.2 Å². The lowest BCUT2D eigenvalue weighted by molar-refractivity contribution is 0.0851. The van der Waals surface area contributed by atoms with Crippen LogP contribution in [-0.4, -0.2) is 86.2 Å². The van der Waals surface area contributed by atoms with Crippen LogP contribution in [0.3, 0.4) is 0 Å². The Kier molecular flexibility index (Phi) is 7.93. The molecule has 1 aromatic carbocycles. The molecule has 1 aromatic rings. The Bertz CT molecular complexity index is 553. The number of benzene rings is 1. The lowest BCUT2D eigenvalue weighted by Crippen LogP contribution is -2.46. The Morgan fingerprint density at radius 3 is 2.48 bits per heavy atom. The van der Waals surface area contributed by atoms with E-state index < -0.39 is 0 Å². The smallest absolute Gasteiger partial charge is 0.410 e. The van der Waals surface area contributed by atoms with E-state index in [0.717, 1.165) is 38.0 Å². The number of nitrogens with one attached hydrogen (secondary N) is 1. The maximum Gasteiger partial charge on any atom is 0.410 e. The van der Waals surface area contributed by atoms with Crippen molar-refractivity contribution in [3.05, 3.63) is 35.9 Å². The number of amides is 1. The average molecular weight is 375 g/mol. The van der Waals surface area contributed by atoms with Crippen molar-refractivity contribution in [1.29, 1.82) is 0 Å². The van der Waals surface area contributed by atoms with Gasteiger partial charge in [-0.05, 0) is 45.0 Å². The molecule has 2 fully saturated rings. The van der Waals surface area contributed by atoms with Crippen LogP contribution >= 0.6 is 0 Å². The van der Waals surface area contributed by atoms with Crippen molar-refractivity contribution < 1.29 is 9.53 Å². The molecule has 2 aliphatic rings. The molecule has 2 aliphatic heterocycles. The number of carbonyl (C=O) groups excluding carboxylic acids is 1. The maximum absolute atomic E-state index is 12.2. The fourth-order valence-corrected chi connectivity index (χ4v) is 3.76. The van der Waals surface area contributed by atoms with Crippen LogP contribution in [-0.2, 0) is 11.3 Å². The van der Waals surface area contributed by atoms with Gasteiger partial charge in [-0.15, -0.1) is 0 Å². The van der Waals surface area contributed by atoms with Gasteiger partial charge in [0.25, 0.3) is 0 Å². The van der Waals surface area contributed by atoms with Crippen LogP contribution in [0.4, 0.5) is 4.79 Å². The second-order valence-corrected chi connectivity index (χ2v) is 7.75. The monoisotopic (exact) mass is 374 g/mol. The molecule has 0 spiro atoms. The summed E-state index contributed by atoms with van der Waals surface area (Å²) in [6.45, 7) is 8.93. The summed E-state index contributed by atoms with van der Waals surface area (Å²) in [7, 11) is 2.20. The van der Waals surface area contributed by atoms with E-state index in [4.69, 9.17) is 4.74 Å². The number of likely N-dealkylation sites (tertiary alicyclic amines) is 1. The summed E-state index contributed by atoms with van der Waals surface area (Å²) < 4.78 is 5.43. The number of carbonyl (C=O) groups is 1. The average Bonchev–Trinajstić information content (AvgIpc) is 2.72. The molecule has 0 aromatic heterocycles. The quantitative estimate of drug-likeness (QED) is 0.740. The third-order valence-corrected chi connectivity index (χ3v) is 5.64. The van der Waals surface area contributed by atoms with Crippen molar-refractivity contribution >= 4 is 6.09 Å². The zero-order chi connectivity index (χ0) is 18.9. The molecule has 2 heterocycles. The van der Waals surface area contributed by atoms with Crippen LogP contribution in [0, 0.1) is 0 Å². The number of hydrogen-bond acceptors (Lipinski definition) is 5. The molecule has 0 aliphatic carbocycles. The summed E-state index contributed by atoms with van der Waals surface area (Å²) >= 11 is 0. The minimum atomic E-state index is -0.188. The number of nitrogens with zero attached hydrogens (tertiary/aromatic N) is 3. The fourth-order valence-electron chi connectivity index (χ4n) is 3.76. The Morgan fingerprint density at radius 2 is 1.78 bits per heavy atom. The maximum atomic E-state index is 12.2. The molecule has 1 amide bonds. The third kappa shape index (κ3) is 6.79. The van der Waals surface area contributed by atoms with E-state index in [1.54, 1.807) is 0 Å². The molecule has 0 unspecified atom stereocenters. The van der Waals surface area contributed by atoms with E-state index in [9.17, 15) is 4.79 Å². The first kappa shape index (κ1) is 20.1. The molecule has 0 atom stereocenters. The normalized spacial score (nSPS) is 20.0. The van der Waals surface area contributed by atoms with Gasteiger partial charge in [-0.1, -0.05) is 30.3 Å². The highest BCUT2D eigenvalue weighted by Crippen LogP contribution is 2.12. The van der Waals surface area contributed by atoms with Gasteiger partial charge >= 0.3 is 6.09 Å². The number of piperidine rings is 1. The van der Waals surface area contributed by atoms with Gasteiger partial charge in [0.05, 0.1) is 0 Å². The number of likely N-dealkylation sites (N-methyl/N-ethyl adjacent to an activating group) is 1. The molecule has 3 rings (SSSR count). The Hall–Kier alpha value is -1.63. The molecule has 1 N–H and O–H groups in total. The van der Waals surface area contributed by atoms with Gasteiger partial charge in [-0.2, -0.15) is 0 Å².